The van der Waals surface area contributed by atoms with Crippen LogP contribution in [0.25, 0.3) is 0 Å². The van der Waals surface area contributed by atoms with Crippen LogP contribution < -0.4 is 4.90 Å². The molecule has 5 nitrogen and oxygen atoms in total. The van der Waals surface area contributed by atoms with E-state index in [-0.39, 0.29) is 35.5 Å². The fourth-order valence-electron chi connectivity index (χ4n) is 4.96. The van der Waals surface area contributed by atoms with Crippen molar-refractivity contribution in [2.24, 2.45) is 33.9 Å². The van der Waals surface area contributed by atoms with E-state index in [4.69, 9.17) is 0 Å². The molecule has 1 saturated carbocycles. The number of hydrogen-bond acceptors (Lipinski definition) is 4. The van der Waals surface area contributed by atoms with E-state index in [0.29, 0.717) is 11.4 Å². The van der Waals surface area contributed by atoms with E-state index in [1.165, 1.54) is 16.0 Å². The van der Waals surface area contributed by atoms with Gasteiger partial charge in [-0.15, -0.1) is 0 Å². The second-order valence-corrected chi connectivity index (χ2v) is 8.01. The predicted molar refractivity (Wildman–Crippen MR) is 111 cm³/mol. The summed E-state index contributed by atoms with van der Waals surface area (Å²) in [5, 5.41) is 8.42. The van der Waals surface area contributed by atoms with Crippen LogP contribution in [0.15, 0.2) is 88.1 Å². The molecule has 2 amide bonds. The van der Waals surface area contributed by atoms with Crippen LogP contribution in [0.5, 0.6) is 0 Å². The van der Waals surface area contributed by atoms with Gasteiger partial charge < -0.3 is 0 Å². The van der Waals surface area contributed by atoms with Gasteiger partial charge in [-0.05, 0) is 50.2 Å². The minimum atomic E-state index is -0.264. The summed E-state index contributed by atoms with van der Waals surface area (Å²) in [5.41, 5.74) is 4.53. The van der Waals surface area contributed by atoms with Crippen molar-refractivity contribution in [2.45, 2.75) is 13.8 Å². The molecule has 2 aliphatic carbocycles. The van der Waals surface area contributed by atoms with Gasteiger partial charge in [0.2, 0.25) is 11.8 Å². The fourth-order valence-corrected chi connectivity index (χ4v) is 4.96. The van der Waals surface area contributed by atoms with Crippen LogP contribution >= 0.6 is 0 Å². The summed E-state index contributed by atoms with van der Waals surface area (Å²) in [6.07, 6.45) is 4.21. The quantitative estimate of drug-likeness (QED) is 0.407. The standard InChI is InChI=1S/C24H21N3O2/c1-14(2)20-18-12-13-19(20)22-21(18)23(28)27(24(22)29)17-10-8-16(9-11-17)26-25-15-6-4-3-5-7-15/h3-13,18-19,21-22H,1-2H3/t18-,19-,21-,22-/m1/s1. The number of imide groups is 1. The summed E-state index contributed by atoms with van der Waals surface area (Å²) < 4.78 is 0. The van der Waals surface area contributed by atoms with Crippen molar-refractivity contribution >= 4 is 28.9 Å². The van der Waals surface area contributed by atoms with Crippen molar-refractivity contribution in [2.75, 3.05) is 4.90 Å². The van der Waals surface area contributed by atoms with Gasteiger partial charge >= 0.3 is 0 Å². The number of carbonyl (C=O) groups excluding carboxylic acids is 2. The van der Waals surface area contributed by atoms with Crippen LogP contribution in [0.3, 0.4) is 0 Å². The van der Waals surface area contributed by atoms with E-state index < -0.39 is 0 Å². The number of amides is 2. The molecule has 1 saturated heterocycles. The molecule has 0 aromatic heterocycles. The first-order chi connectivity index (χ1) is 14.1. The van der Waals surface area contributed by atoms with E-state index in [1.54, 1.807) is 24.3 Å². The molecule has 1 aliphatic heterocycles. The smallest absolute Gasteiger partial charge is 0.238 e. The third kappa shape index (κ3) is 2.69. The Morgan fingerprint density at radius 2 is 1.28 bits per heavy atom. The number of anilines is 1. The van der Waals surface area contributed by atoms with Crippen molar-refractivity contribution in [3.63, 3.8) is 0 Å². The average Bonchev–Trinajstić information content (AvgIpc) is 3.38. The van der Waals surface area contributed by atoms with Gasteiger partial charge in [0.1, 0.15) is 0 Å². The molecule has 1 heterocycles. The van der Waals surface area contributed by atoms with E-state index in [2.05, 4.69) is 36.2 Å². The molecule has 0 N–H and O–H groups in total. The van der Waals surface area contributed by atoms with Gasteiger partial charge in [-0.25, -0.2) is 4.90 Å². The Bertz CT molecular complexity index is 1040. The monoisotopic (exact) mass is 383 g/mol. The maximum Gasteiger partial charge on any atom is 0.238 e. The highest BCUT2D eigenvalue weighted by Gasteiger charge is 2.61. The third-order valence-corrected chi connectivity index (χ3v) is 6.14. The minimum absolute atomic E-state index is 0.0652. The zero-order valence-corrected chi connectivity index (χ0v) is 16.3. The molecule has 2 aromatic carbocycles. The molecule has 4 atom stereocenters. The predicted octanol–water partition coefficient (Wildman–Crippen LogP) is 5.36. The average molecular weight is 383 g/mol. The SMILES string of the molecule is CC(C)=C1[C@H]2C=C[C@H]1[C@H]1C(=O)N(c3ccc(N=Nc4ccccc4)cc3)C(=O)[C@@H]12. The van der Waals surface area contributed by atoms with Crippen LogP contribution in [0, 0.1) is 23.7 Å². The molecule has 5 heteroatoms. The van der Waals surface area contributed by atoms with Gasteiger partial charge in [0, 0.05) is 11.8 Å². The normalized spacial score (nSPS) is 27.4. The molecule has 0 unspecified atom stereocenters. The van der Waals surface area contributed by atoms with Crippen LogP contribution in [0.2, 0.25) is 0 Å². The summed E-state index contributed by atoms with van der Waals surface area (Å²) in [6, 6.07) is 16.6. The van der Waals surface area contributed by atoms with Gasteiger partial charge in [-0.1, -0.05) is 41.5 Å². The van der Waals surface area contributed by atoms with Gasteiger partial charge in [-0.3, -0.25) is 9.59 Å². The number of fused-ring (bicyclic) bond motifs is 5. The lowest BCUT2D eigenvalue weighted by Crippen LogP contribution is -2.33. The van der Waals surface area contributed by atoms with E-state index >= 15 is 0 Å². The first-order valence-corrected chi connectivity index (χ1v) is 9.86. The molecule has 0 radical (unpaired) electrons. The topological polar surface area (TPSA) is 62.1 Å². The summed E-state index contributed by atoms with van der Waals surface area (Å²) in [7, 11) is 0. The van der Waals surface area contributed by atoms with Crippen molar-refractivity contribution < 1.29 is 9.59 Å². The maximum atomic E-state index is 13.2. The number of nitrogens with zero attached hydrogens (tertiary/aromatic N) is 3. The number of rotatable bonds is 3. The molecule has 0 spiro atoms. The molecule has 2 aromatic rings. The summed E-state index contributed by atoms with van der Waals surface area (Å²) in [5.74, 6) is -0.575. The number of carbonyl (C=O) groups is 2. The highest BCUT2D eigenvalue weighted by atomic mass is 16.2. The summed E-state index contributed by atoms with van der Waals surface area (Å²) in [4.78, 5) is 27.7. The van der Waals surface area contributed by atoms with Gasteiger partial charge in [0.15, 0.2) is 0 Å². The van der Waals surface area contributed by atoms with Crippen molar-refractivity contribution in [1.29, 1.82) is 0 Å². The molecular weight excluding hydrogens is 362 g/mol. The Morgan fingerprint density at radius 1 is 0.759 bits per heavy atom. The van der Waals surface area contributed by atoms with Gasteiger partial charge in [-0.2, -0.15) is 10.2 Å². The Balaban J connectivity index is 1.39. The number of azo groups is 1. The van der Waals surface area contributed by atoms with Gasteiger partial charge in [0.05, 0.1) is 28.9 Å². The highest BCUT2D eigenvalue weighted by Crippen LogP contribution is 2.57. The van der Waals surface area contributed by atoms with Crippen molar-refractivity contribution in [1.82, 2.24) is 0 Å². The lowest BCUT2D eigenvalue weighted by Gasteiger charge is -2.19. The maximum absolute atomic E-state index is 13.2. The largest absolute Gasteiger partial charge is 0.274 e. The van der Waals surface area contributed by atoms with Crippen LogP contribution in [-0.2, 0) is 9.59 Å². The summed E-state index contributed by atoms with van der Waals surface area (Å²) >= 11 is 0. The van der Waals surface area contributed by atoms with E-state index in [0.717, 1.165) is 5.69 Å². The molecular formula is C24H21N3O2. The number of benzene rings is 2. The van der Waals surface area contributed by atoms with Crippen molar-refractivity contribution in [3.8, 4) is 0 Å². The molecule has 5 rings (SSSR count). The number of allylic oxidation sites excluding steroid dienone is 4. The Labute approximate surface area is 169 Å². The van der Waals surface area contributed by atoms with Crippen LogP contribution in [-0.4, -0.2) is 11.8 Å². The lowest BCUT2D eigenvalue weighted by atomic mass is 9.85. The zero-order valence-electron chi connectivity index (χ0n) is 16.3. The molecule has 144 valence electrons. The Morgan fingerprint density at radius 3 is 1.79 bits per heavy atom. The van der Waals surface area contributed by atoms with Crippen LogP contribution in [0.4, 0.5) is 17.1 Å². The molecule has 2 fully saturated rings. The Kier molecular flexibility index (Phi) is 4.05. The van der Waals surface area contributed by atoms with Crippen molar-refractivity contribution in [3.05, 3.63) is 77.9 Å². The first kappa shape index (κ1) is 17.7. The Hall–Kier alpha value is -3.34. The van der Waals surface area contributed by atoms with E-state index in [1.807, 2.05) is 30.3 Å². The van der Waals surface area contributed by atoms with Crippen LogP contribution in [0.1, 0.15) is 13.8 Å². The summed E-state index contributed by atoms with van der Waals surface area (Å²) in [6.45, 7) is 4.14. The third-order valence-electron chi connectivity index (χ3n) is 6.14. The zero-order chi connectivity index (χ0) is 20.1. The number of hydrogen-bond donors (Lipinski definition) is 0. The minimum Gasteiger partial charge on any atom is -0.274 e. The molecule has 3 aliphatic rings. The molecule has 29 heavy (non-hydrogen) atoms. The lowest BCUT2D eigenvalue weighted by molar-refractivity contribution is -0.122. The highest BCUT2D eigenvalue weighted by molar-refractivity contribution is 6.23. The second kappa shape index (κ2) is 6.62. The fraction of sp³-hybridized carbons (Fsp3) is 0.250. The molecule has 2 bridgehead atoms. The second-order valence-electron chi connectivity index (χ2n) is 8.01. The van der Waals surface area contributed by atoms with E-state index in [9.17, 15) is 9.59 Å². The first-order valence-electron chi connectivity index (χ1n) is 9.86. The van der Waals surface area contributed by atoms with Gasteiger partial charge in [0.25, 0.3) is 0 Å².